The first kappa shape index (κ1) is 15.2. The molecule has 0 amide bonds. The lowest BCUT2D eigenvalue weighted by Gasteiger charge is -2.13. The van der Waals surface area contributed by atoms with Gasteiger partial charge in [0, 0.05) is 6.54 Å². The summed E-state index contributed by atoms with van der Waals surface area (Å²) < 4.78 is 13.0. The Bertz CT molecular complexity index is 413. The minimum atomic E-state index is -0.299. The summed E-state index contributed by atoms with van der Waals surface area (Å²) in [4.78, 5) is 0. The van der Waals surface area contributed by atoms with Gasteiger partial charge in [0.25, 0.3) is 0 Å². The van der Waals surface area contributed by atoms with Crippen LogP contribution in [0.2, 0.25) is 5.02 Å². The lowest BCUT2D eigenvalue weighted by molar-refractivity contribution is 0.627. The molecule has 0 saturated carbocycles. The van der Waals surface area contributed by atoms with Gasteiger partial charge in [-0.15, -0.1) is 0 Å². The fourth-order valence-corrected chi connectivity index (χ4v) is 1.87. The average Bonchev–Trinajstić information content (AvgIpc) is 2.30. The van der Waals surface area contributed by atoms with Gasteiger partial charge in [0.05, 0.1) is 5.02 Å². The summed E-state index contributed by atoms with van der Waals surface area (Å²) in [6, 6.07) is 4.51. The molecular formula is C15H21ClFN. The van der Waals surface area contributed by atoms with Crippen molar-refractivity contribution in [2.45, 2.75) is 27.2 Å². The summed E-state index contributed by atoms with van der Waals surface area (Å²) in [5, 5.41) is 3.84. The van der Waals surface area contributed by atoms with Crippen LogP contribution in [0.15, 0.2) is 23.8 Å². The average molecular weight is 270 g/mol. The molecule has 0 aliphatic heterocycles. The largest absolute Gasteiger partial charge is 0.313 e. The molecular weight excluding hydrogens is 249 g/mol. The van der Waals surface area contributed by atoms with E-state index in [0.717, 1.165) is 25.1 Å². The smallest absolute Gasteiger partial charge is 0.124 e. The van der Waals surface area contributed by atoms with Gasteiger partial charge < -0.3 is 5.32 Å². The summed E-state index contributed by atoms with van der Waals surface area (Å²) in [5.41, 5.74) is 2.15. The summed E-state index contributed by atoms with van der Waals surface area (Å²) >= 11 is 6.03. The fraction of sp³-hybridized carbons (Fsp3) is 0.467. The van der Waals surface area contributed by atoms with Crippen LogP contribution >= 0.6 is 11.6 Å². The SMILES string of the molecule is CCCNC/C(=C/c1ccc(F)cc1Cl)C(C)C. The molecule has 3 heteroatoms. The quantitative estimate of drug-likeness (QED) is 0.749. The van der Waals surface area contributed by atoms with Crippen LogP contribution in [0.25, 0.3) is 6.08 Å². The Hall–Kier alpha value is -0.860. The van der Waals surface area contributed by atoms with Gasteiger partial charge >= 0.3 is 0 Å². The zero-order valence-corrected chi connectivity index (χ0v) is 12.0. The van der Waals surface area contributed by atoms with Gasteiger partial charge in [-0.05, 0) is 36.6 Å². The summed E-state index contributed by atoms with van der Waals surface area (Å²) in [6.45, 7) is 8.29. The van der Waals surface area contributed by atoms with Crippen molar-refractivity contribution < 1.29 is 4.39 Å². The first-order valence-corrected chi connectivity index (χ1v) is 6.78. The molecule has 0 fully saturated rings. The Kier molecular flexibility index (Phi) is 6.37. The highest BCUT2D eigenvalue weighted by atomic mass is 35.5. The van der Waals surface area contributed by atoms with E-state index in [1.54, 1.807) is 6.07 Å². The summed E-state index contributed by atoms with van der Waals surface area (Å²) in [5.74, 6) is 0.142. The van der Waals surface area contributed by atoms with E-state index in [0.29, 0.717) is 10.9 Å². The van der Waals surface area contributed by atoms with Crippen LogP contribution in [-0.2, 0) is 0 Å². The molecule has 1 rings (SSSR count). The number of benzene rings is 1. The summed E-state index contributed by atoms with van der Waals surface area (Å²) in [6.07, 6.45) is 3.16. The lowest BCUT2D eigenvalue weighted by atomic mass is 10.00. The van der Waals surface area contributed by atoms with E-state index in [9.17, 15) is 4.39 Å². The first-order valence-electron chi connectivity index (χ1n) is 6.40. The van der Waals surface area contributed by atoms with Crippen molar-refractivity contribution in [1.82, 2.24) is 5.32 Å². The van der Waals surface area contributed by atoms with Gasteiger partial charge in [0.15, 0.2) is 0 Å². The maximum Gasteiger partial charge on any atom is 0.124 e. The van der Waals surface area contributed by atoms with Crippen LogP contribution in [-0.4, -0.2) is 13.1 Å². The fourth-order valence-electron chi connectivity index (χ4n) is 1.65. The van der Waals surface area contributed by atoms with Gasteiger partial charge in [0.2, 0.25) is 0 Å². The third kappa shape index (κ3) is 4.79. The Morgan fingerprint density at radius 2 is 2.17 bits per heavy atom. The molecule has 1 aromatic rings. The van der Waals surface area contributed by atoms with E-state index < -0.39 is 0 Å². The molecule has 0 spiro atoms. The molecule has 100 valence electrons. The van der Waals surface area contributed by atoms with E-state index in [4.69, 9.17) is 11.6 Å². The minimum absolute atomic E-state index is 0.299. The molecule has 0 radical (unpaired) electrons. The van der Waals surface area contributed by atoms with Crippen LogP contribution in [0.3, 0.4) is 0 Å². The third-order valence-electron chi connectivity index (χ3n) is 2.80. The van der Waals surface area contributed by atoms with Crippen molar-refractivity contribution in [3.8, 4) is 0 Å². The second kappa shape index (κ2) is 7.55. The Morgan fingerprint density at radius 3 is 2.72 bits per heavy atom. The molecule has 0 aliphatic carbocycles. The number of halogens is 2. The zero-order valence-electron chi connectivity index (χ0n) is 11.3. The standard InChI is InChI=1S/C15H21ClFN/c1-4-7-18-10-13(11(2)3)8-12-5-6-14(17)9-15(12)16/h5-6,8-9,11,18H,4,7,10H2,1-3H3/b13-8-. The van der Waals surface area contributed by atoms with Gasteiger partial charge in [-0.25, -0.2) is 4.39 Å². The van der Waals surface area contributed by atoms with E-state index in [-0.39, 0.29) is 5.82 Å². The second-order valence-corrected chi connectivity index (χ2v) is 5.12. The highest BCUT2D eigenvalue weighted by Gasteiger charge is 2.05. The van der Waals surface area contributed by atoms with Crippen molar-refractivity contribution in [1.29, 1.82) is 0 Å². The monoisotopic (exact) mass is 269 g/mol. The van der Waals surface area contributed by atoms with Crippen LogP contribution in [0.4, 0.5) is 4.39 Å². The predicted molar refractivity (Wildman–Crippen MR) is 77.4 cm³/mol. The Labute approximate surface area is 114 Å². The number of hydrogen-bond donors (Lipinski definition) is 1. The number of nitrogens with one attached hydrogen (secondary N) is 1. The van der Waals surface area contributed by atoms with Crippen molar-refractivity contribution in [3.63, 3.8) is 0 Å². The van der Waals surface area contributed by atoms with Gasteiger partial charge in [-0.1, -0.05) is 50.1 Å². The van der Waals surface area contributed by atoms with Crippen molar-refractivity contribution in [2.24, 2.45) is 5.92 Å². The molecule has 0 unspecified atom stereocenters. The second-order valence-electron chi connectivity index (χ2n) is 4.72. The van der Waals surface area contributed by atoms with E-state index in [1.165, 1.54) is 17.7 Å². The molecule has 0 heterocycles. The number of rotatable bonds is 6. The first-order chi connectivity index (χ1) is 8.54. The van der Waals surface area contributed by atoms with E-state index >= 15 is 0 Å². The molecule has 18 heavy (non-hydrogen) atoms. The van der Waals surface area contributed by atoms with Gasteiger partial charge in [-0.2, -0.15) is 0 Å². The normalized spacial score (nSPS) is 12.2. The van der Waals surface area contributed by atoms with Crippen molar-refractivity contribution in [2.75, 3.05) is 13.1 Å². The van der Waals surface area contributed by atoms with Crippen LogP contribution in [0.5, 0.6) is 0 Å². The minimum Gasteiger partial charge on any atom is -0.313 e. The molecule has 1 aromatic carbocycles. The van der Waals surface area contributed by atoms with Crippen molar-refractivity contribution >= 4 is 17.7 Å². The highest BCUT2D eigenvalue weighted by molar-refractivity contribution is 6.32. The Morgan fingerprint density at radius 1 is 1.44 bits per heavy atom. The van der Waals surface area contributed by atoms with E-state index in [2.05, 4.69) is 32.2 Å². The zero-order chi connectivity index (χ0) is 13.5. The topological polar surface area (TPSA) is 12.0 Å². The van der Waals surface area contributed by atoms with Gasteiger partial charge in [0.1, 0.15) is 5.82 Å². The van der Waals surface area contributed by atoms with Crippen LogP contribution in [0.1, 0.15) is 32.8 Å². The maximum atomic E-state index is 13.0. The van der Waals surface area contributed by atoms with Crippen LogP contribution in [0, 0.1) is 11.7 Å². The summed E-state index contributed by atoms with van der Waals surface area (Å²) in [7, 11) is 0. The molecule has 1 N–H and O–H groups in total. The number of hydrogen-bond acceptors (Lipinski definition) is 1. The maximum absolute atomic E-state index is 13.0. The van der Waals surface area contributed by atoms with Crippen molar-refractivity contribution in [3.05, 3.63) is 40.2 Å². The highest BCUT2D eigenvalue weighted by Crippen LogP contribution is 2.22. The van der Waals surface area contributed by atoms with Gasteiger partial charge in [-0.3, -0.25) is 0 Å². The molecule has 1 nitrogen and oxygen atoms in total. The third-order valence-corrected chi connectivity index (χ3v) is 3.13. The van der Waals surface area contributed by atoms with Crippen LogP contribution < -0.4 is 5.32 Å². The van der Waals surface area contributed by atoms with E-state index in [1.807, 2.05) is 0 Å². The lowest BCUT2D eigenvalue weighted by Crippen LogP contribution is -2.19. The molecule has 0 aromatic heterocycles. The molecule has 0 bridgehead atoms. The molecule has 0 atom stereocenters. The predicted octanol–water partition coefficient (Wildman–Crippen LogP) is 4.52. The molecule has 0 aliphatic rings. The molecule has 0 saturated heterocycles. The Balaban J connectivity index is 2.86.